The summed E-state index contributed by atoms with van der Waals surface area (Å²) in [6.07, 6.45) is -0.541. The van der Waals surface area contributed by atoms with E-state index in [0.29, 0.717) is 27.7 Å². The second kappa shape index (κ2) is 6.96. The Labute approximate surface area is 156 Å². The van der Waals surface area contributed by atoms with Crippen LogP contribution in [0.3, 0.4) is 0 Å². The molecule has 2 aromatic rings. The Kier molecular flexibility index (Phi) is 5.07. The van der Waals surface area contributed by atoms with Crippen LogP contribution in [0.15, 0.2) is 42.5 Å². The summed E-state index contributed by atoms with van der Waals surface area (Å²) in [5.41, 5.74) is 0.599. The summed E-state index contributed by atoms with van der Waals surface area (Å²) in [7, 11) is -0.793. The van der Waals surface area contributed by atoms with E-state index in [9.17, 15) is 10.1 Å². The minimum absolute atomic E-state index is 0.0199. The smallest absolute Gasteiger partial charge is 0.407 e. The molecule has 1 aliphatic heterocycles. The van der Waals surface area contributed by atoms with Crippen molar-refractivity contribution in [2.45, 2.75) is 20.0 Å². The lowest BCUT2D eigenvalue weighted by molar-refractivity contribution is -0.386. The van der Waals surface area contributed by atoms with Crippen LogP contribution in [0.4, 0.5) is 5.69 Å². The Bertz CT molecular complexity index is 795. The maximum absolute atomic E-state index is 11.4. The van der Waals surface area contributed by atoms with Crippen LogP contribution in [0, 0.1) is 15.5 Å². The second-order valence-corrected chi connectivity index (χ2v) is 7.41. The molecule has 130 valence electrons. The van der Waals surface area contributed by atoms with Crippen molar-refractivity contribution in [3.05, 3.63) is 68.2 Å². The predicted molar refractivity (Wildman–Crippen MR) is 98.5 cm³/mol. The molecule has 25 heavy (non-hydrogen) atoms. The van der Waals surface area contributed by atoms with Gasteiger partial charge in [0, 0.05) is 33.6 Å². The molecule has 5 nitrogen and oxygen atoms in total. The van der Waals surface area contributed by atoms with E-state index in [1.54, 1.807) is 36.4 Å². The number of rotatable bonds is 3. The molecule has 0 aliphatic carbocycles. The van der Waals surface area contributed by atoms with Gasteiger partial charge < -0.3 is 9.31 Å². The number of hydrogen-bond acceptors (Lipinski definition) is 4. The van der Waals surface area contributed by atoms with Gasteiger partial charge in [-0.15, -0.1) is 0 Å². The molecular weight excluding hydrogens is 364 g/mol. The average Bonchev–Trinajstić information content (AvgIpc) is 2.55. The van der Waals surface area contributed by atoms with Crippen LogP contribution in [-0.4, -0.2) is 18.6 Å². The maximum Gasteiger partial charge on any atom is 0.497 e. The largest absolute Gasteiger partial charge is 0.497 e. The molecule has 1 unspecified atom stereocenters. The summed E-state index contributed by atoms with van der Waals surface area (Å²) >= 11 is 12.5. The molecule has 1 atom stereocenters. The van der Waals surface area contributed by atoms with Gasteiger partial charge in [0.05, 0.1) is 16.6 Å². The summed E-state index contributed by atoms with van der Waals surface area (Å²) in [6.45, 7) is 4.23. The topological polar surface area (TPSA) is 61.6 Å². The summed E-state index contributed by atoms with van der Waals surface area (Å²) in [4.78, 5) is 11.0. The third-order valence-corrected chi connectivity index (χ3v) is 4.89. The Morgan fingerprint density at radius 3 is 2.44 bits per heavy atom. The van der Waals surface area contributed by atoms with Crippen molar-refractivity contribution in [2.75, 3.05) is 6.61 Å². The van der Waals surface area contributed by atoms with Crippen molar-refractivity contribution in [1.29, 1.82) is 0 Å². The van der Waals surface area contributed by atoms with Crippen molar-refractivity contribution >= 4 is 41.5 Å². The van der Waals surface area contributed by atoms with E-state index in [1.807, 2.05) is 13.8 Å². The van der Waals surface area contributed by atoms with Crippen LogP contribution in [0.2, 0.25) is 10.0 Å². The molecule has 0 radical (unpaired) electrons. The summed E-state index contributed by atoms with van der Waals surface area (Å²) in [6, 6.07) is 11.7. The second-order valence-electron chi connectivity index (χ2n) is 6.60. The van der Waals surface area contributed by atoms with Gasteiger partial charge in [-0.3, -0.25) is 10.1 Å². The third-order valence-electron chi connectivity index (χ3n) is 4.23. The number of hydrogen-bond donors (Lipinski definition) is 0. The Morgan fingerprint density at radius 2 is 1.80 bits per heavy atom. The predicted octanol–water partition coefficient (Wildman–Crippen LogP) is 4.41. The molecule has 0 spiro atoms. The molecule has 0 saturated carbocycles. The molecule has 1 fully saturated rings. The highest BCUT2D eigenvalue weighted by atomic mass is 35.5. The van der Waals surface area contributed by atoms with E-state index < -0.39 is 23.6 Å². The molecule has 1 aliphatic rings. The van der Waals surface area contributed by atoms with Crippen molar-refractivity contribution < 1.29 is 14.2 Å². The van der Waals surface area contributed by atoms with Gasteiger partial charge in [-0.25, -0.2) is 0 Å². The Balaban J connectivity index is 2.02. The van der Waals surface area contributed by atoms with Gasteiger partial charge in [-0.2, -0.15) is 0 Å². The zero-order valence-electron chi connectivity index (χ0n) is 13.7. The molecule has 0 N–H and O–H groups in total. The minimum atomic E-state index is -0.793. The molecule has 3 rings (SSSR count). The summed E-state index contributed by atoms with van der Waals surface area (Å²) in [5, 5.41) is 12.3. The highest BCUT2D eigenvalue weighted by Gasteiger charge is 2.45. The first-order valence-electron chi connectivity index (χ1n) is 7.75. The van der Waals surface area contributed by atoms with Crippen LogP contribution >= 0.6 is 23.2 Å². The molecule has 2 aromatic carbocycles. The van der Waals surface area contributed by atoms with Crippen LogP contribution in [0.25, 0.3) is 0 Å². The fourth-order valence-electron chi connectivity index (χ4n) is 2.97. The third kappa shape index (κ3) is 3.53. The molecule has 1 saturated heterocycles. The molecule has 0 amide bonds. The molecule has 8 heteroatoms. The van der Waals surface area contributed by atoms with Gasteiger partial charge in [0.25, 0.3) is 5.69 Å². The van der Waals surface area contributed by atoms with Gasteiger partial charge in [-0.05, 0) is 18.2 Å². The lowest BCUT2D eigenvalue weighted by Crippen LogP contribution is -2.49. The van der Waals surface area contributed by atoms with Crippen molar-refractivity contribution in [1.82, 2.24) is 0 Å². The van der Waals surface area contributed by atoms with Crippen LogP contribution in [0.1, 0.15) is 25.5 Å². The molecule has 0 bridgehead atoms. The van der Waals surface area contributed by atoms with Gasteiger partial charge >= 0.3 is 7.12 Å². The number of para-hydroxylation sites is 1. The quantitative estimate of drug-likeness (QED) is 0.450. The SMILES string of the molecule is CC1(C)COB(c2c(Cl)cccc2Cl)OC1c1ccccc1[N+](=O)[O-]. The number of benzene rings is 2. The molecular formula is C17H16BCl2NO4. The van der Waals surface area contributed by atoms with Crippen molar-refractivity contribution in [2.24, 2.45) is 5.41 Å². The average molecular weight is 380 g/mol. The highest BCUT2D eigenvalue weighted by molar-refractivity contribution is 6.68. The van der Waals surface area contributed by atoms with Crippen LogP contribution < -0.4 is 5.46 Å². The maximum atomic E-state index is 11.4. The number of halogens is 2. The standard InChI is InChI=1S/C17H16BCl2NO4/c1-17(2)10-24-18(15-12(19)7-5-8-13(15)20)25-16(17)11-6-3-4-9-14(11)21(22)23/h3-9,16H,10H2,1-2H3. The van der Waals surface area contributed by atoms with Gasteiger partial charge in [0.2, 0.25) is 0 Å². The van der Waals surface area contributed by atoms with Crippen LogP contribution in [-0.2, 0) is 9.31 Å². The lowest BCUT2D eigenvalue weighted by atomic mass is 9.72. The van der Waals surface area contributed by atoms with Crippen LogP contribution in [0.5, 0.6) is 0 Å². The normalized spacial score (nSPS) is 19.7. The fraction of sp³-hybridized carbons (Fsp3) is 0.294. The first-order valence-corrected chi connectivity index (χ1v) is 8.51. The van der Waals surface area contributed by atoms with Crippen molar-refractivity contribution in [3.63, 3.8) is 0 Å². The first kappa shape index (κ1) is 18.2. The van der Waals surface area contributed by atoms with Gasteiger partial charge in [-0.1, -0.05) is 55.2 Å². The summed E-state index contributed by atoms with van der Waals surface area (Å²) < 4.78 is 12.0. The Morgan fingerprint density at radius 1 is 1.16 bits per heavy atom. The molecule has 1 heterocycles. The van der Waals surface area contributed by atoms with E-state index in [-0.39, 0.29) is 5.69 Å². The van der Waals surface area contributed by atoms with Gasteiger partial charge in [0.15, 0.2) is 0 Å². The Hall–Kier alpha value is -1.60. The highest BCUT2D eigenvalue weighted by Crippen LogP contribution is 2.43. The van der Waals surface area contributed by atoms with E-state index in [0.717, 1.165) is 0 Å². The van der Waals surface area contributed by atoms with E-state index in [4.69, 9.17) is 32.5 Å². The lowest BCUT2D eigenvalue weighted by Gasteiger charge is -2.41. The monoisotopic (exact) mass is 379 g/mol. The number of nitrogens with zero attached hydrogens (tertiary/aromatic N) is 1. The molecule has 0 aromatic heterocycles. The van der Waals surface area contributed by atoms with Crippen molar-refractivity contribution in [3.8, 4) is 0 Å². The van der Waals surface area contributed by atoms with E-state index >= 15 is 0 Å². The van der Waals surface area contributed by atoms with E-state index in [1.165, 1.54) is 6.07 Å². The first-order chi connectivity index (χ1) is 11.8. The van der Waals surface area contributed by atoms with E-state index in [2.05, 4.69) is 0 Å². The zero-order chi connectivity index (χ0) is 18.2. The van der Waals surface area contributed by atoms with Gasteiger partial charge in [0.1, 0.15) is 0 Å². The minimum Gasteiger partial charge on any atom is -0.407 e. The fourth-order valence-corrected chi connectivity index (χ4v) is 3.55. The number of nitro benzene ring substituents is 1. The summed E-state index contributed by atoms with van der Waals surface area (Å²) in [5.74, 6) is 0. The zero-order valence-corrected chi connectivity index (χ0v) is 15.3. The number of nitro groups is 1.